The molecule has 0 aliphatic heterocycles. The predicted octanol–water partition coefficient (Wildman–Crippen LogP) is 1.31. The summed E-state index contributed by atoms with van der Waals surface area (Å²) in [6.45, 7) is 5.68. The van der Waals surface area contributed by atoms with Gasteiger partial charge in [0.2, 0.25) is 0 Å². The Hall–Kier alpha value is -2.55. The smallest absolute Gasteiger partial charge is 0.271 e. The van der Waals surface area contributed by atoms with Gasteiger partial charge in [-0.25, -0.2) is 9.97 Å². The fourth-order valence-corrected chi connectivity index (χ4v) is 2.90. The van der Waals surface area contributed by atoms with Crippen LogP contribution in [0.15, 0.2) is 22.6 Å². The average Bonchev–Trinajstić information content (AvgIpc) is 3.13. The van der Waals surface area contributed by atoms with Gasteiger partial charge in [-0.3, -0.25) is 19.1 Å². The normalized spacial score (nSPS) is 12.7. The van der Waals surface area contributed by atoms with Gasteiger partial charge in [-0.15, -0.1) is 11.3 Å². The summed E-state index contributed by atoms with van der Waals surface area (Å²) in [6.07, 6.45) is 2.91. The lowest BCUT2D eigenvalue weighted by Gasteiger charge is -2.19. The molecule has 0 saturated heterocycles. The molecule has 0 spiro atoms. The molecular weight excluding hydrogens is 316 g/mol. The fraction of sp³-hybridized carbons (Fsp3) is 0.357. The molecule has 0 fully saturated rings. The van der Waals surface area contributed by atoms with Gasteiger partial charge < -0.3 is 5.32 Å². The summed E-state index contributed by atoms with van der Waals surface area (Å²) >= 11 is 1.34. The van der Waals surface area contributed by atoms with Crippen LogP contribution in [0.3, 0.4) is 0 Å². The Morgan fingerprint density at radius 1 is 1.43 bits per heavy atom. The van der Waals surface area contributed by atoms with Crippen LogP contribution < -0.4 is 10.9 Å². The van der Waals surface area contributed by atoms with Gasteiger partial charge in [0.05, 0.1) is 6.04 Å². The molecule has 2 N–H and O–H groups in total. The monoisotopic (exact) mass is 332 g/mol. The zero-order valence-electron chi connectivity index (χ0n) is 12.9. The summed E-state index contributed by atoms with van der Waals surface area (Å²) in [5, 5.41) is 11.4. The van der Waals surface area contributed by atoms with Crippen molar-refractivity contribution in [2.75, 3.05) is 0 Å². The number of nitrogens with one attached hydrogen (secondary N) is 2. The van der Waals surface area contributed by atoms with Gasteiger partial charge in [0.15, 0.2) is 10.8 Å². The summed E-state index contributed by atoms with van der Waals surface area (Å²) in [6, 6.07) is -0.393. The Balaban J connectivity index is 1.92. The lowest BCUT2D eigenvalue weighted by molar-refractivity contribution is 0.0921. The van der Waals surface area contributed by atoms with Crippen molar-refractivity contribution in [1.82, 2.24) is 29.9 Å². The van der Waals surface area contributed by atoms with Gasteiger partial charge in [-0.05, 0) is 12.8 Å². The van der Waals surface area contributed by atoms with E-state index in [1.54, 1.807) is 18.5 Å². The number of carbonyl (C=O) groups excluding carboxylic acids is 1. The molecule has 0 aliphatic rings. The van der Waals surface area contributed by atoms with E-state index in [2.05, 4.69) is 25.5 Å². The number of fused-ring (bicyclic) bond motifs is 1. The van der Waals surface area contributed by atoms with E-state index in [4.69, 9.17) is 0 Å². The summed E-state index contributed by atoms with van der Waals surface area (Å²) in [4.78, 5) is 33.8. The molecule has 0 aliphatic carbocycles. The first-order valence-corrected chi connectivity index (χ1v) is 8.00. The summed E-state index contributed by atoms with van der Waals surface area (Å²) in [5.41, 5.74) is -0.388. The van der Waals surface area contributed by atoms with Gasteiger partial charge in [0.1, 0.15) is 11.4 Å². The van der Waals surface area contributed by atoms with E-state index >= 15 is 0 Å². The highest BCUT2D eigenvalue weighted by Crippen LogP contribution is 2.18. The number of aryl methyl sites for hydroxylation is 1. The summed E-state index contributed by atoms with van der Waals surface area (Å²) in [5.74, 6) is 0.746. The van der Waals surface area contributed by atoms with Gasteiger partial charge in [0.25, 0.3) is 11.5 Å². The van der Waals surface area contributed by atoms with Gasteiger partial charge in [-0.1, -0.05) is 13.8 Å². The van der Waals surface area contributed by atoms with E-state index < -0.39 is 11.9 Å². The second-order valence-corrected chi connectivity index (χ2v) is 6.38. The molecule has 3 aromatic heterocycles. The van der Waals surface area contributed by atoms with Crippen LogP contribution >= 0.6 is 11.3 Å². The number of amides is 1. The molecule has 0 unspecified atom stereocenters. The zero-order valence-corrected chi connectivity index (χ0v) is 13.7. The Labute approximate surface area is 135 Å². The van der Waals surface area contributed by atoms with Crippen LogP contribution in [0.4, 0.5) is 0 Å². The van der Waals surface area contributed by atoms with Gasteiger partial charge in [-0.2, -0.15) is 5.10 Å². The van der Waals surface area contributed by atoms with E-state index in [0.29, 0.717) is 16.6 Å². The second-order valence-electron chi connectivity index (χ2n) is 5.51. The maximum Gasteiger partial charge on any atom is 0.271 e. The third kappa shape index (κ3) is 2.87. The molecule has 8 nitrogen and oxygen atoms in total. The molecule has 1 atom stereocenters. The molecule has 0 radical (unpaired) electrons. The van der Waals surface area contributed by atoms with Gasteiger partial charge in [0, 0.05) is 17.8 Å². The van der Waals surface area contributed by atoms with Crippen molar-refractivity contribution in [2.24, 2.45) is 5.92 Å². The van der Waals surface area contributed by atoms with E-state index in [9.17, 15) is 9.59 Å². The van der Waals surface area contributed by atoms with Crippen molar-refractivity contribution < 1.29 is 4.79 Å². The van der Waals surface area contributed by atoms with E-state index in [0.717, 1.165) is 0 Å². The molecule has 0 aromatic carbocycles. The number of carbonyl (C=O) groups is 1. The number of hydrogen-bond acceptors (Lipinski definition) is 6. The fourth-order valence-electron chi connectivity index (χ4n) is 2.23. The topological polar surface area (TPSA) is 105 Å². The van der Waals surface area contributed by atoms with Crippen LogP contribution in [0, 0.1) is 12.8 Å². The molecule has 23 heavy (non-hydrogen) atoms. The minimum Gasteiger partial charge on any atom is -0.341 e. The first-order valence-electron chi connectivity index (χ1n) is 7.12. The van der Waals surface area contributed by atoms with E-state index in [1.165, 1.54) is 21.9 Å². The lowest BCUT2D eigenvalue weighted by Crippen LogP contribution is -2.36. The molecule has 3 rings (SSSR count). The number of H-pyrrole nitrogens is 1. The quantitative estimate of drug-likeness (QED) is 0.749. The van der Waals surface area contributed by atoms with E-state index in [1.807, 2.05) is 13.8 Å². The average molecular weight is 332 g/mol. The number of aromatic amines is 1. The highest BCUT2D eigenvalue weighted by atomic mass is 32.1. The Bertz CT molecular complexity index is 909. The van der Waals surface area contributed by atoms with Crippen molar-refractivity contribution in [2.45, 2.75) is 26.8 Å². The number of rotatable bonds is 4. The van der Waals surface area contributed by atoms with Crippen molar-refractivity contribution in [3.8, 4) is 0 Å². The number of thiazole rings is 1. The molecule has 1 amide bonds. The zero-order chi connectivity index (χ0) is 16.6. The first-order chi connectivity index (χ1) is 11.0. The SMILES string of the molecule is Cc1nc([C@@H](NC(=O)c2cnc3sccn3c2=O)C(C)C)n[nH]1. The molecule has 3 heterocycles. The standard InChI is InChI=1S/C14H16N6O2S/c1-7(2)10(11-16-8(3)18-19-11)17-12(21)9-6-15-14-20(13(9)22)4-5-23-14/h4-7,10H,1-3H3,(H,17,21)(H,16,18,19)/t10-/m0/s1. The third-order valence-corrected chi connectivity index (χ3v) is 4.20. The van der Waals surface area contributed by atoms with Crippen LogP contribution in [0.1, 0.15) is 41.9 Å². The molecule has 0 bridgehead atoms. The largest absolute Gasteiger partial charge is 0.341 e. The van der Waals surface area contributed by atoms with Crippen LogP contribution in [0.25, 0.3) is 4.96 Å². The minimum absolute atomic E-state index is 0.00110. The highest BCUT2D eigenvalue weighted by molar-refractivity contribution is 7.15. The van der Waals surface area contributed by atoms with Crippen molar-refractivity contribution >= 4 is 22.2 Å². The lowest BCUT2D eigenvalue weighted by atomic mass is 10.0. The van der Waals surface area contributed by atoms with Crippen molar-refractivity contribution in [3.05, 3.63) is 45.3 Å². The first kappa shape index (κ1) is 15.3. The predicted molar refractivity (Wildman–Crippen MR) is 85.5 cm³/mol. The Morgan fingerprint density at radius 2 is 2.22 bits per heavy atom. The Kier molecular flexibility index (Phi) is 3.95. The highest BCUT2D eigenvalue weighted by Gasteiger charge is 2.24. The minimum atomic E-state index is -0.482. The van der Waals surface area contributed by atoms with E-state index in [-0.39, 0.29) is 17.0 Å². The van der Waals surface area contributed by atoms with Crippen LogP contribution in [-0.4, -0.2) is 30.5 Å². The van der Waals surface area contributed by atoms with Crippen LogP contribution in [0.2, 0.25) is 0 Å². The molecule has 3 aromatic rings. The molecular formula is C14H16N6O2S. The number of nitrogens with zero attached hydrogens (tertiary/aromatic N) is 4. The maximum absolute atomic E-state index is 12.5. The maximum atomic E-state index is 12.5. The van der Waals surface area contributed by atoms with Crippen molar-refractivity contribution in [1.29, 1.82) is 0 Å². The summed E-state index contributed by atoms with van der Waals surface area (Å²) < 4.78 is 1.36. The molecule has 9 heteroatoms. The summed E-state index contributed by atoms with van der Waals surface area (Å²) in [7, 11) is 0. The Morgan fingerprint density at radius 3 is 2.87 bits per heavy atom. The van der Waals surface area contributed by atoms with Crippen LogP contribution in [-0.2, 0) is 0 Å². The van der Waals surface area contributed by atoms with Gasteiger partial charge >= 0.3 is 0 Å². The second kappa shape index (κ2) is 5.92. The third-order valence-electron chi connectivity index (χ3n) is 3.43. The molecule has 0 saturated carbocycles. The number of aromatic nitrogens is 5. The molecule has 120 valence electrons. The van der Waals surface area contributed by atoms with Crippen LogP contribution in [0.5, 0.6) is 0 Å². The number of hydrogen-bond donors (Lipinski definition) is 2. The van der Waals surface area contributed by atoms with Crippen molar-refractivity contribution in [3.63, 3.8) is 0 Å².